The number of allylic oxidation sites excluding steroid dienone is 1. The number of phenolic OH excluding ortho intramolecular Hbond substituents is 1. The van der Waals surface area contributed by atoms with Gasteiger partial charge in [0.25, 0.3) is 5.56 Å². The fraction of sp³-hybridized carbons (Fsp3) is 0.130. The van der Waals surface area contributed by atoms with Crippen LogP contribution < -0.4 is 5.56 Å². The summed E-state index contributed by atoms with van der Waals surface area (Å²) in [4.78, 5) is 20.1. The van der Waals surface area contributed by atoms with Crippen LogP contribution in [-0.2, 0) is 6.54 Å². The van der Waals surface area contributed by atoms with E-state index in [4.69, 9.17) is 4.98 Å². The van der Waals surface area contributed by atoms with Gasteiger partial charge in [-0.05, 0) is 48.3 Å². The van der Waals surface area contributed by atoms with Gasteiger partial charge in [0.15, 0.2) is 0 Å². The zero-order valence-corrected chi connectivity index (χ0v) is 16.2. The number of aromatic nitrogens is 2. The van der Waals surface area contributed by atoms with Crippen molar-refractivity contribution in [3.05, 3.63) is 81.2 Å². The van der Waals surface area contributed by atoms with Crippen LogP contribution in [0.15, 0.2) is 59.4 Å². The minimum absolute atomic E-state index is 0.0301. The Morgan fingerprint density at radius 1 is 1.14 bits per heavy atom. The Kier molecular flexibility index (Phi) is 3.91. The highest BCUT2D eigenvalue weighted by Crippen LogP contribution is 2.37. The normalized spacial score (nSPS) is 14.7. The quantitative estimate of drug-likeness (QED) is 0.522. The molecule has 0 atom stereocenters. The highest BCUT2D eigenvalue weighted by Gasteiger charge is 2.24. The number of aromatic hydroxyl groups is 1. The molecule has 28 heavy (non-hydrogen) atoms. The van der Waals surface area contributed by atoms with Crippen molar-refractivity contribution in [3.63, 3.8) is 0 Å². The number of rotatable bonds is 2. The van der Waals surface area contributed by atoms with E-state index in [9.17, 15) is 9.90 Å². The summed E-state index contributed by atoms with van der Waals surface area (Å²) in [6.07, 6.45) is 2.77. The van der Waals surface area contributed by atoms with Crippen molar-refractivity contribution >= 4 is 33.2 Å². The molecule has 3 heterocycles. The van der Waals surface area contributed by atoms with Gasteiger partial charge < -0.3 is 5.11 Å². The predicted octanol–water partition coefficient (Wildman–Crippen LogP) is 5.08. The van der Waals surface area contributed by atoms with Gasteiger partial charge in [-0.3, -0.25) is 9.36 Å². The minimum atomic E-state index is 0.0301. The molecule has 1 aliphatic rings. The Morgan fingerprint density at radius 2 is 1.96 bits per heavy atom. The Bertz CT molecular complexity index is 1300. The van der Waals surface area contributed by atoms with E-state index < -0.39 is 0 Å². The number of thiophene rings is 1. The first-order chi connectivity index (χ1) is 13.6. The van der Waals surface area contributed by atoms with Crippen LogP contribution in [0.4, 0.5) is 0 Å². The van der Waals surface area contributed by atoms with Gasteiger partial charge >= 0.3 is 0 Å². The van der Waals surface area contributed by atoms with Gasteiger partial charge in [0.05, 0.1) is 5.39 Å². The van der Waals surface area contributed by atoms with E-state index in [-0.39, 0.29) is 11.3 Å². The maximum atomic E-state index is 13.3. The molecule has 1 N–H and O–H groups in total. The lowest BCUT2D eigenvalue weighted by atomic mass is 10.0. The van der Waals surface area contributed by atoms with E-state index in [0.717, 1.165) is 49.6 Å². The van der Waals surface area contributed by atoms with Crippen LogP contribution in [-0.4, -0.2) is 14.7 Å². The largest absolute Gasteiger partial charge is 0.508 e. The molecule has 5 rings (SSSR count). The van der Waals surface area contributed by atoms with Crippen LogP contribution in [0, 0.1) is 6.92 Å². The van der Waals surface area contributed by atoms with E-state index in [2.05, 4.69) is 0 Å². The maximum Gasteiger partial charge on any atom is 0.263 e. The molecule has 0 saturated carbocycles. The van der Waals surface area contributed by atoms with Gasteiger partial charge in [-0.1, -0.05) is 42.5 Å². The summed E-state index contributed by atoms with van der Waals surface area (Å²) in [6.45, 7) is 2.68. The molecule has 0 bridgehead atoms. The Balaban J connectivity index is 1.71. The molecular weight excluding hydrogens is 368 g/mol. The third kappa shape index (κ3) is 2.67. The van der Waals surface area contributed by atoms with Crippen molar-refractivity contribution in [2.45, 2.75) is 19.9 Å². The van der Waals surface area contributed by atoms with Crippen LogP contribution in [0.25, 0.3) is 33.0 Å². The number of fused-ring (bicyclic) bond motifs is 2. The summed E-state index contributed by atoms with van der Waals surface area (Å²) in [5.74, 6) is 0.969. The van der Waals surface area contributed by atoms with Gasteiger partial charge in [0, 0.05) is 17.0 Å². The average Bonchev–Trinajstić information content (AvgIpc) is 3.24. The molecule has 5 heteroatoms. The first-order valence-electron chi connectivity index (χ1n) is 9.21. The number of phenols is 1. The first kappa shape index (κ1) is 17.0. The molecule has 4 aromatic rings. The van der Waals surface area contributed by atoms with Crippen molar-refractivity contribution in [3.8, 4) is 16.9 Å². The van der Waals surface area contributed by atoms with Crippen molar-refractivity contribution in [1.29, 1.82) is 0 Å². The monoisotopic (exact) mass is 386 g/mol. The van der Waals surface area contributed by atoms with E-state index >= 15 is 0 Å². The van der Waals surface area contributed by atoms with Crippen LogP contribution in [0.3, 0.4) is 0 Å². The Morgan fingerprint density at radius 3 is 2.75 bits per heavy atom. The molecule has 4 nitrogen and oxygen atoms in total. The summed E-state index contributed by atoms with van der Waals surface area (Å²) in [5, 5.41) is 10.4. The summed E-state index contributed by atoms with van der Waals surface area (Å²) in [5.41, 5.74) is 4.02. The lowest BCUT2D eigenvalue weighted by molar-refractivity contribution is 0.475. The summed E-state index contributed by atoms with van der Waals surface area (Å²) >= 11 is 1.57. The highest BCUT2D eigenvalue weighted by molar-refractivity contribution is 7.19. The lowest BCUT2D eigenvalue weighted by Gasteiger charge is -2.05. The van der Waals surface area contributed by atoms with Gasteiger partial charge in [-0.2, -0.15) is 0 Å². The predicted molar refractivity (Wildman–Crippen MR) is 115 cm³/mol. The number of hydrogen-bond acceptors (Lipinski definition) is 4. The molecule has 2 aromatic heterocycles. The summed E-state index contributed by atoms with van der Waals surface area (Å²) < 4.78 is 1.79. The van der Waals surface area contributed by atoms with E-state index in [0.29, 0.717) is 6.54 Å². The molecule has 0 unspecified atom stereocenters. The number of aryl methyl sites for hydroxylation is 1. The van der Waals surface area contributed by atoms with Crippen molar-refractivity contribution in [1.82, 2.24) is 9.55 Å². The lowest BCUT2D eigenvalue weighted by Crippen LogP contribution is -2.20. The van der Waals surface area contributed by atoms with E-state index in [1.807, 2.05) is 55.5 Å². The zero-order chi connectivity index (χ0) is 19.3. The molecule has 2 aromatic carbocycles. The van der Waals surface area contributed by atoms with Gasteiger partial charge in [-0.15, -0.1) is 11.3 Å². The number of benzene rings is 2. The van der Waals surface area contributed by atoms with Crippen molar-refractivity contribution < 1.29 is 5.11 Å². The zero-order valence-electron chi connectivity index (χ0n) is 15.3. The van der Waals surface area contributed by atoms with Gasteiger partial charge in [-0.25, -0.2) is 4.98 Å². The average molecular weight is 386 g/mol. The molecule has 0 spiro atoms. The molecule has 138 valence electrons. The minimum Gasteiger partial charge on any atom is -0.508 e. The molecule has 1 aliphatic heterocycles. The molecule has 0 saturated heterocycles. The third-order valence-corrected chi connectivity index (χ3v) is 6.15. The van der Waals surface area contributed by atoms with Crippen LogP contribution in [0.5, 0.6) is 5.75 Å². The van der Waals surface area contributed by atoms with Crippen LogP contribution in [0.2, 0.25) is 0 Å². The number of nitrogens with zero attached hydrogens (tertiary/aromatic N) is 2. The second kappa shape index (κ2) is 6.46. The summed E-state index contributed by atoms with van der Waals surface area (Å²) in [6, 6.07) is 17.2. The second-order valence-electron chi connectivity index (χ2n) is 6.99. The fourth-order valence-electron chi connectivity index (χ4n) is 3.90. The van der Waals surface area contributed by atoms with Gasteiger partial charge in [0.1, 0.15) is 16.4 Å². The molecule has 0 amide bonds. The SMILES string of the molecule is Cc1sc2nc3n(c(=O)c2c1-c1ccccc1)CCC3=Cc1cccc(O)c1. The second-order valence-corrected chi connectivity index (χ2v) is 8.19. The van der Waals surface area contributed by atoms with Gasteiger partial charge in [0.2, 0.25) is 0 Å². The van der Waals surface area contributed by atoms with E-state index in [1.165, 1.54) is 0 Å². The fourth-order valence-corrected chi connectivity index (χ4v) is 4.93. The molecular formula is C23H18N2O2S. The standard InChI is InChI=1S/C23H18N2O2S/c1-14-19(16-7-3-2-4-8-16)20-22(28-14)24-21-17(10-11-25(21)23(20)27)12-15-6-5-9-18(26)13-15/h2-9,12-13,26H,10-11H2,1H3. The third-order valence-electron chi connectivity index (χ3n) is 5.15. The molecule has 0 fully saturated rings. The van der Waals surface area contributed by atoms with Crippen molar-refractivity contribution in [2.24, 2.45) is 0 Å². The topological polar surface area (TPSA) is 55.1 Å². The Hall–Kier alpha value is -3.18. The molecule has 0 radical (unpaired) electrons. The smallest absolute Gasteiger partial charge is 0.263 e. The Labute approximate surface area is 166 Å². The summed E-state index contributed by atoms with van der Waals surface area (Å²) in [7, 11) is 0. The molecule has 0 aliphatic carbocycles. The van der Waals surface area contributed by atoms with Crippen LogP contribution in [0.1, 0.15) is 22.7 Å². The van der Waals surface area contributed by atoms with E-state index in [1.54, 1.807) is 28.0 Å². The van der Waals surface area contributed by atoms with Crippen LogP contribution >= 0.6 is 11.3 Å². The highest BCUT2D eigenvalue weighted by atomic mass is 32.1. The number of hydrogen-bond donors (Lipinski definition) is 1. The first-order valence-corrected chi connectivity index (χ1v) is 10.0. The maximum absolute atomic E-state index is 13.3. The van der Waals surface area contributed by atoms with Crippen molar-refractivity contribution in [2.75, 3.05) is 0 Å².